The fourth-order valence-electron chi connectivity index (χ4n) is 2.81. The van der Waals surface area contributed by atoms with Crippen molar-refractivity contribution in [1.82, 2.24) is 14.0 Å². The maximum atomic E-state index is 12.8. The second-order valence-corrected chi connectivity index (χ2v) is 5.71. The average molecular weight is 325 g/mol. The fraction of sp³-hybridized carbons (Fsp3) is 0.294. The number of rotatable bonds is 5. The van der Waals surface area contributed by atoms with Crippen LogP contribution in [0.5, 0.6) is 0 Å². The Morgan fingerprint density at radius 2 is 2.12 bits per heavy atom. The van der Waals surface area contributed by atoms with Gasteiger partial charge in [-0.3, -0.25) is 19.4 Å². The first-order chi connectivity index (χ1) is 11.5. The van der Waals surface area contributed by atoms with Crippen molar-refractivity contribution in [2.75, 3.05) is 0 Å². The van der Waals surface area contributed by atoms with E-state index in [-0.39, 0.29) is 16.6 Å². The second-order valence-electron chi connectivity index (χ2n) is 5.71. The fourth-order valence-corrected chi connectivity index (χ4v) is 2.81. The summed E-state index contributed by atoms with van der Waals surface area (Å²) in [5.41, 5.74) is 6.07. The number of hydrogen-bond donors (Lipinski definition) is 2. The van der Waals surface area contributed by atoms with E-state index in [4.69, 9.17) is 11.1 Å². The normalized spacial score (nSPS) is 11.2. The smallest absolute Gasteiger partial charge is 0.267 e. The molecule has 0 atom stereocenters. The third-order valence-corrected chi connectivity index (χ3v) is 4.07. The Bertz CT molecular complexity index is 1050. The monoisotopic (exact) mass is 325 g/mol. The number of unbranched alkanes of at least 4 members (excludes halogenated alkanes) is 2. The molecular formula is C17H19N5O2. The highest BCUT2D eigenvalue weighted by Gasteiger charge is 2.15. The molecule has 0 unspecified atom stereocenters. The zero-order chi connectivity index (χ0) is 17.3. The summed E-state index contributed by atoms with van der Waals surface area (Å²) in [4.78, 5) is 29.0. The van der Waals surface area contributed by atoms with Crippen LogP contribution in [0.4, 0.5) is 0 Å². The van der Waals surface area contributed by atoms with Crippen molar-refractivity contribution < 1.29 is 4.79 Å². The highest BCUT2D eigenvalue weighted by molar-refractivity contribution is 5.95. The summed E-state index contributed by atoms with van der Waals surface area (Å²) >= 11 is 0. The molecule has 1 amide bonds. The van der Waals surface area contributed by atoms with Gasteiger partial charge in [0.2, 0.25) is 0 Å². The first-order valence-electron chi connectivity index (χ1n) is 7.94. The molecule has 3 aromatic heterocycles. The summed E-state index contributed by atoms with van der Waals surface area (Å²) in [7, 11) is 0. The van der Waals surface area contributed by atoms with Gasteiger partial charge in [-0.25, -0.2) is 4.98 Å². The van der Waals surface area contributed by atoms with E-state index in [2.05, 4.69) is 11.9 Å². The molecule has 0 aromatic carbocycles. The second kappa shape index (κ2) is 6.27. The molecule has 3 rings (SSSR count). The van der Waals surface area contributed by atoms with Crippen LogP contribution >= 0.6 is 0 Å². The Balaban J connectivity index is 2.40. The number of nitrogens with one attached hydrogen (secondary N) is 1. The van der Waals surface area contributed by atoms with Crippen LogP contribution in [-0.2, 0) is 6.54 Å². The number of aryl methyl sites for hydroxylation is 1. The number of aromatic nitrogens is 3. The van der Waals surface area contributed by atoms with Gasteiger partial charge in [-0.15, -0.1) is 0 Å². The lowest BCUT2D eigenvalue weighted by molar-refractivity contribution is 0.0998. The van der Waals surface area contributed by atoms with E-state index in [0.29, 0.717) is 23.2 Å². The molecule has 0 spiro atoms. The molecule has 7 heteroatoms. The number of nitrogens with two attached hydrogens (primary N) is 1. The van der Waals surface area contributed by atoms with Gasteiger partial charge in [0.15, 0.2) is 0 Å². The third-order valence-electron chi connectivity index (χ3n) is 4.07. The molecule has 0 radical (unpaired) electrons. The predicted molar refractivity (Wildman–Crippen MR) is 90.9 cm³/mol. The molecule has 3 N–H and O–H groups in total. The van der Waals surface area contributed by atoms with Gasteiger partial charge in [-0.1, -0.05) is 25.8 Å². The van der Waals surface area contributed by atoms with Crippen molar-refractivity contribution in [2.45, 2.75) is 32.7 Å². The van der Waals surface area contributed by atoms with Gasteiger partial charge < -0.3 is 10.3 Å². The van der Waals surface area contributed by atoms with Gasteiger partial charge in [-0.2, -0.15) is 0 Å². The van der Waals surface area contributed by atoms with E-state index < -0.39 is 5.91 Å². The summed E-state index contributed by atoms with van der Waals surface area (Å²) in [5.74, 6) is -0.719. The van der Waals surface area contributed by atoms with E-state index >= 15 is 0 Å². The highest BCUT2D eigenvalue weighted by atomic mass is 16.1. The van der Waals surface area contributed by atoms with Gasteiger partial charge >= 0.3 is 0 Å². The van der Waals surface area contributed by atoms with Crippen molar-refractivity contribution in [3.05, 3.63) is 51.9 Å². The van der Waals surface area contributed by atoms with Crippen LogP contribution in [0.1, 0.15) is 36.5 Å². The van der Waals surface area contributed by atoms with Gasteiger partial charge in [0, 0.05) is 12.7 Å². The van der Waals surface area contributed by atoms with E-state index in [1.54, 1.807) is 29.0 Å². The number of amides is 1. The Hall–Kier alpha value is -2.96. The minimum atomic E-state index is -0.719. The molecule has 0 saturated carbocycles. The number of fused-ring (bicyclic) bond motifs is 2. The molecule has 0 aliphatic heterocycles. The number of nitrogens with zero attached hydrogens (tertiary/aromatic N) is 3. The molecule has 0 fully saturated rings. The zero-order valence-electron chi connectivity index (χ0n) is 13.5. The van der Waals surface area contributed by atoms with Crippen LogP contribution in [0.15, 0.2) is 35.3 Å². The molecule has 0 saturated heterocycles. The zero-order valence-corrected chi connectivity index (χ0v) is 13.5. The van der Waals surface area contributed by atoms with Crippen molar-refractivity contribution in [3.63, 3.8) is 0 Å². The van der Waals surface area contributed by atoms with Gasteiger partial charge in [0.1, 0.15) is 16.8 Å². The lowest BCUT2D eigenvalue weighted by Crippen LogP contribution is -2.32. The van der Waals surface area contributed by atoms with Gasteiger partial charge in [0.25, 0.3) is 11.5 Å². The quantitative estimate of drug-likeness (QED) is 0.547. The Kier molecular flexibility index (Phi) is 4.16. The lowest BCUT2D eigenvalue weighted by atomic mass is 10.2. The number of carbonyl (C=O) groups excluding carboxylic acids is 1. The molecule has 0 bridgehead atoms. The van der Waals surface area contributed by atoms with Crippen LogP contribution < -0.4 is 16.8 Å². The lowest BCUT2D eigenvalue weighted by Gasteiger charge is -2.13. The third kappa shape index (κ3) is 2.58. The summed E-state index contributed by atoms with van der Waals surface area (Å²) in [5, 5.41) is 8.58. The number of primary amides is 1. The molecule has 124 valence electrons. The SMILES string of the molecule is CCCCCn1c(=N)c(C(N)=O)cc2c(=O)n3ccccc3nc21. The molecule has 0 aliphatic rings. The first kappa shape index (κ1) is 15.9. The largest absolute Gasteiger partial charge is 0.365 e. The topological polar surface area (TPSA) is 106 Å². The Morgan fingerprint density at radius 3 is 2.83 bits per heavy atom. The van der Waals surface area contributed by atoms with E-state index in [0.717, 1.165) is 19.3 Å². The number of carbonyl (C=O) groups is 1. The molecule has 24 heavy (non-hydrogen) atoms. The van der Waals surface area contributed by atoms with Crippen LogP contribution in [0, 0.1) is 5.41 Å². The molecule has 3 aromatic rings. The van der Waals surface area contributed by atoms with E-state index in [1.807, 2.05) is 0 Å². The maximum Gasteiger partial charge on any atom is 0.267 e. The van der Waals surface area contributed by atoms with Crippen LogP contribution in [0.25, 0.3) is 16.7 Å². The van der Waals surface area contributed by atoms with Crippen LogP contribution in [0.3, 0.4) is 0 Å². The number of pyridine rings is 2. The Labute approximate surface area is 137 Å². The Morgan fingerprint density at radius 1 is 1.33 bits per heavy atom. The summed E-state index contributed by atoms with van der Waals surface area (Å²) in [6.45, 7) is 2.60. The standard InChI is InChI=1S/C17H19N5O2/c1-2-3-5-9-22-14(18)11(15(19)23)10-12-16(22)20-13-7-4-6-8-21(13)17(12)24/h4,6-8,10,18H,2-3,5,9H2,1H3,(H2,19,23). The van der Waals surface area contributed by atoms with E-state index in [9.17, 15) is 9.59 Å². The minimum Gasteiger partial charge on any atom is -0.365 e. The van der Waals surface area contributed by atoms with Crippen molar-refractivity contribution >= 4 is 22.6 Å². The maximum absolute atomic E-state index is 12.8. The molecule has 3 heterocycles. The molecular weight excluding hydrogens is 306 g/mol. The van der Waals surface area contributed by atoms with Gasteiger partial charge in [0.05, 0.1) is 10.9 Å². The van der Waals surface area contributed by atoms with Crippen LogP contribution in [0.2, 0.25) is 0 Å². The average Bonchev–Trinajstić information content (AvgIpc) is 2.57. The van der Waals surface area contributed by atoms with Crippen molar-refractivity contribution in [1.29, 1.82) is 5.41 Å². The molecule has 0 aliphatic carbocycles. The summed E-state index contributed by atoms with van der Waals surface area (Å²) in [6.07, 6.45) is 4.48. The van der Waals surface area contributed by atoms with E-state index in [1.165, 1.54) is 10.5 Å². The summed E-state index contributed by atoms with van der Waals surface area (Å²) in [6, 6.07) is 6.66. The van der Waals surface area contributed by atoms with Gasteiger partial charge in [-0.05, 0) is 24.6 Å². The number of hydrogen-bond acceptors (Lipinski definition) is 4. The van der Waals surface area contributed by atoms with Crippen molar-refractivity contribution in [3.8, 4) is 0 Å². The molecule has 7 nitrogen and oxygen atoms in total. The summed E-state index contributed by atoms with van der Waals surface area (Å²) < 4.78 is 3.03. The first-order valence-corrected chi connectivity index (χ1v) is 7.94. The highest BCUT2D eigenvalue weighted by Crippen LogP contribution is 2.11. The minimum absolute atomic E-state index is 0.00159. The predicted octanol–water partition coefficient (Wildman–Crippen LogP) is 1.42. The van der Waals surface area contributed by atoms with Crippen LogP contribution in [-0.4, -0.2) is 19.9 Å². The van der Waals surface area contributed by atoms with Crippen molar-refractivity contribution in [2.24, 2.45) is 5.73 Å².